The van der Waals surface area contributed by atoms with Gasteiger partial charge in [0.25, 0.3) is 11.8 Å². The zero-order valence-electron chi connectivity index (χ0n) is 15.0. The molecule has 1 aliphatic heterocycles. The number of amides is 2. The summed E-state index contributed by atoms with van der Waals surface area (Å²) in [4.78, 5) is 26.7. The number of benzene rings is 1. The van der Waals surface area contributed by atoms with E-state index in [-0.39, 0.29) is 17.9 Å². The van der Waals surface area contributed by atoms with E-state index < -0.39 is 0 Å². The molecule has 1 fully saturated rings. The first-order valence-corrected chi connectivity index (χ1v) is 9.36. The molecule has 1 aromatic carbocycles. The maximum Gasteiger partial charge on any atom is 0.279 e. The fourth-order valence-corrected chi connectivity index (χ4v) is 3.13. The summed E-state index contributed by atoms with van der Waals surface area (Å²) in [5, 5.41) is 6.42. The number of hydrogen-bond donors (Lipinski definition) is 4. The first kappa shape index (κ1) is 19.7. The minimum absolute atomic E-state index is 0.0268. The molecule has 1 saturated heterocycles. The van der Waals surface area contributed by atoms with Crippen LogP contribution in [-0.2, 0) is 9.59 Å². The average molecular weight is 369 g/mol. The lowest BCUT2D eigenvalue weighted by Gasteiger charge is -2.29. The average Bonchev–Trinajstić information content (AvgIpc) is 2.58. The predicted octanol–water partition coefficient (Wildman–Crippen LogP) is -1.02. The highest BCUT2D eigenvalue weighted by atomic mass is 35.5. The molecule has 0 unspecified atom stereocenters. The zero-order valence-corrected chi connectivity index (χ0v) is 15.8. The van der Waals surface area contributed by atoms with Crippen LogP contribution in [0.2, 0.25) is 5.02 Å². The molecule has 138 valence electrons. The quantitative estimate of drug-likeness (QED) is 0.497. The second-order valence-corrected chi connectivity index (χ2v) is 7.17. The van der Waals surface area contributed by atoms with Gasteiger partial charge in [-0.25, -0.2) is 0 Å². The molecule has 0 aromatic heterocycles. The van der Waals surface area contributed by atoms with E-state index in [1.54, 1.807) is 12.1 Å². The lowest BCUT2D eigenvalue weighted by atomic mass is 10.2. The summed E-state index contributed by atoms with van der Waals surface area (Å²) >= 11 is 6.06. The summed E-state index contributed by atoms with van der Waals surface area (Å²) in [5.74, 6) is 0.0883. The van der Waals surface area contributed by atoms with Crippen molar-refractivity contribution in [1.29, 1.82) is 0 Å². The van der Waals surface area contributed by atoms with Gasteiger partial charge in [-0.2, -0.15) is 0 Å². The van der Waals surface area contributed by atoms with Crippen LogP contribution < -0.4 is 20.4 Å². The fourth-order valence-electron chi connectivity index (χ4n) is 2.95. The van der Waals surface area contributed by atoms with Gasteiger partial charge < -0.3 is 20.4 Å². The summed E-state index contributed by atoms with van der Waals surface area (Å²) in [6.45, 7) is 8.62. The van der Waals surface area contributed by atoms with Crippen molar-refractivity contribution in [2.45, 2.75) is 26.3 Å². The fraction of sp³-hybridized carbons (Fsp3) is 0.556. The number of halogens is 1. The third-order valence-corrected chi connectivity index (χ3v) is 4.98. The van der Waals surface area contributed by atoms with Crippen LogP contribution in [0.1, 0.15) is 20.3 Å². The van der Waals surface area contributed by atoms with Crippen LogP contribution in [0.5, 0.6) is 0 Å². The molecule has 2 amide bonds. The lowest BCUT2D eigenvalue weighted by molar-refractivity contribution is -1.00. The van der Waals surface area contributed by atoms with Gasteiger partial charge in [0.1, 0.15) is 26.2 Å². The van der Waals surface area contributed by atoms with E-state index in [1.165, 1.54) is 9.80 Å². The highest BCUT2D eigenvalue weighted by molar-refractivity contribution is 6.33. The molecule has 4 N–H and O–H groups in total. The lowest BCUT2D eigenvalue weighted by Crippen LogP contribution is -3.28. The zero-order chi connectivity index (χ0) is 18.2. The number of quaternary nitrogens is 2. The van der Waals surface area contributed by atoms with E-state index in [0.717, 1.165) is 32.6 Å². The van der Waals surface area contributed by atoms with Gasteiger partial charge in [0.2, 0.25) is 0 Å². The number of para-hydroxylation sites is 1. The molecule has 1 atom stereocenters. The smallest absolute Gasteiger partial charge is 0.279 e. The van der Waals surface area contributed by atoms with Crippen LogP contribution in [0.4, 0.5) is 5.69 Å². The summed E-state index contributed by atoms with van der Waals surface area (Å²) in [7, 11) is 0. The predicted molar refractivity (Wildman–Crippen MR) is 99.1 cm³/mol. The Kier molecular flexibility index (Phi) is 7.68. The topological polar surface area (TPSA) is 67.1 Å². The summed E-state index contributed by atoms with van der Waals surface area (Å²) in [5.41, 5.74) is 0.652. The monoisotopic (exact) mass is 368 g/mol. The van der Waals surface area contributed by atoms with Crippen molar-refractivity contribution in [3.8, 4) is 0 Å². The summed E-state index contributed by atoms with van der Waals surface area (Å²) < 4.78 is 0. The van der Waals surface area contributed by atoms with Crippen LogP contribution in [0.15, 0.2) is 24.3 Å². The third kappa shape index (κ3) is 6.65. The van der Waals surface area contributed by atoms with Crippen molar-refractivity contribution in [3.05, 3.63) is 29.3 Å². The standard InChI is InChI=1S/C18H27ClN4O2/c1-3-14(2)20-17(24)12-22-8-10-23(11-9-22)13-18(25)21-16-7-5-4-6-15(16)19/h4-7,14H,3,8-13H2,1-2H3,(H,20,24)(H,21,25)/p+2/t14-/m0/s1. The summed E-state index contributed by atoms with van der Waals surface area (Å²) in [6.07, 6.45) is 0.944. The molecule has 0 saturated carbocycles. The SMILES string of the molecule is CC[C@H](C)NC(=O)C[NH+]1CC[NH+](CC(=O)Nc2ccccc2Cl)CC1. The second-order valence-electron chi connectivity index (χ2n) is 6.76. The van der Waals surface area contributed by atoms with Crippen LogP contribution in [0.3, 0.4) is 0 Å². The first-order valence-electron chi connectivity index (χ1n) is 8.98. The molecule has 0 aliphatic carbocycles. The molecule has 0 bridgehead atoms. The van der Waals surface area contributed by atoms with Crippen molar-refractivity contribution in [1.82, 2.24) is 5.32 Å². The molecule has 25 heavy (non-hydrogen) atoms. The molecule has 6 nitrogen and oxygen atoms in total. The van der Waals surface area contributed by atoms with Gasteiger partial charge in [0, 0.05) is 6.04 Å². The summed E-state index contributed by atoms with van der Waals surface area (Å²) in [6, 6.07) is 7.47. The third-order valence-electron chi connectivity index (χ3n) is 4.65. The molecule has 1 aliphatic rings. The Bertz CT molecular complexity index is 588. The van der Waals surface area contributed by atoms with E-state index in [2.05, 4.69) is 17.6 Å². The van der Waals surface area contributed by atoms with Gasteiger partial charge in [-0.05, 0) is 25.5 Å². The van der Waals surface area contributed by atoms with E-state index >= 15 is 0 Å². The Morgan fingerprint density at radius 1 is 1.08 bits per heavy atom. The Hall–Kier alpha value is -1.63. The molecule has 2 rings (SSSR count). The maximum absolute atomic E-state index is 12.2. The molecule has 1 aromatic rings. The van der Waals surface area contributed by atoms with Gasteiger partial charge in [-0.3, -0.25) is 9.59 Å². The largest absolute Gasteiger partial charge is 0.349 e. The minimum atomic E-state index is -0.0268. The molecular formula is C18H29ClN4O2+2. The Balaban J connectivity index is 1.70. The van der Waals surface area contributed by atoms with E-state index in [4.69, 9.17) is 11.6 Å². The van der Waals surface area contributed by atoms with E-state index in [9.17, 15) is 9.59 Å². The van der Waals surface area contributed by atoms with Crippen LogP contribution in [-0.4, -0.2) is 57.1 Å². The van der Waals surface area contributed by atoms with Crippen molar-refractivity contribution >= 4 is 29.1 Å². The number of nitrogens with one attached hydrogen (secondary N) is 4. The van der Waals surface area contributed by atoms with Gasteiger partial charge in [-0.15, -0.1) is 0 Å². The normalized spacial score (nSPS) is 21.4. The maximum atomic E-state index is 12.2. The van der Waals surface area contributed by atoms with Gasteiger partial charge in [0.05, 0.1) is 10.7 Å². The molecule has 1 heterocycles. The number of rotatable bonds is 7. The number of carbonyl (C=O) groups excluding carboxylic acids is 2. The van der Waals surface area contributed by atoms with Crippen molar-refractivity contribution in [2.24, 2.45) is 0 Å². The van der Waals surface area contributed by atoms with Crippen LogP contribution in [0, 0.1) is 0 Å². The van der Waals surface area contributed by atoms with Gasteiger partial charge in [0.15, 0.2) is 13.1 Å². The molecule has 0 spiro atoms. The van der Waals surface area contributed by atoms with Crippen molar-refractivity contribution in [2.75, 3.05) is 44.6 Å². The second kappa shape index (κ2) is 9.75. The van der Waals surface area contributed by atoms with E-state index in [0.29, 0.717) is 23.8 Å². The Morgan fingerprint density at radius 3 is 2.20 bits per heavy atom. The number of hydrogen-bond acceptors (Lipinski definition) is 2. The van der Waals surface area contributed by atoms with Crippen molar-refractivity contribution in [3.63, 3.8) is 0 Å². The number of carbonyl (C=O) groups is 2. The van der Waals surface area contributed by atoms with Gasteiger partial charge in [-0.1, -0.05) is 30.7 Å². The van der Waals surface area contributed by atoms with E-state index in [1.807, 2.05) is 19.1 Å². The highest BCUT2D eigenvalue weighted by Crippen LogP contribution is 2.19. The van der Waals surface area contributed by atoms with Crippen molar-refractivity contribution < 1.29 is 19.4 Å². The number of anilines is 1. The Morgan fingerprint density at radius 2 is 1.64 bits per heavy atom. The molecule has 0 radical (unpaired) electrons. The molecule has 7 heteroatoms. The molecular weight excluding hydrogens is 340 g/mol. The van der Waals surface area contributed by atoms with Gasteiger partial charge >= 0.3 is 0 Å². The highest BCUT2D eigenvalue weighted by Gasteiger charge is 2.26. The minimum Gasteiger partial charge on any atom is -0.349 e. The van der Waals surface area contributed by atoms with Crippen LogP contribution in [0.25, 0.3) is 0 Å². The van der Waals surface area contributed by atoms with Crippen LogP contribution >= 0.6 is 11.6 Å². The number of piperazine rings is 1. The first-order chi connectivity index (χ1) is 12.0. The Labute approximate surface area is 154 Å².